The van der Waals surface area contributed by atoms with Gasteiger partial charge in [0.15, 0.2) is 11.5 Å². The number of aromatic hydroxyl groups is 2. The number of hydrogen-bond donors (Lipinski definition) is 2. The van der Waals surface area contributed by atoms with Crippen molar-refractivity contribution >= 4 is 11.8 Å². The van der Waals surface area contributed by atoms with Crippen LogP contribution in [0.15, 0.2) is 18.2 Å². The third kappa shape index (κ3) is 1.84. The summed E-state index contributed by atoms with van der Waals surface area (Å²) < 4.78 is 0. The fourth-order valence-corrected chi connectivity index (χ4v) is 1.65. The van der Waals surface area contributed by atoms with Crippen molar-refractivity contribution in [1.82, 2.24) is 4.90 Å². The fourth-order valence-electron chi connectivity index (χ4n) is 1.65. The molecule has 1 heterocycles. The second kappa shape index (κ2) is 3.84. The van der Waals surface area contributed by atoms with E-state index >= 15 is 0 Å². The van der Waals surface area contributed by atoms with Crippen LogP contribution in [-0.4, -0.2) is 26.9 Å². The van der Waals surface area contributed by atoms with Gasteiger partial charge in [0.05, 0.1) is 6.54 Å². The molecule has 1 saturated heterocycles. The van der Waals surface area contributed by atoms with Gasteiger partial charge in [0, 0.05) is 12.8 Å². The number of hydrogen-bond acceptors (Lipinski definition) is 4. The van der Waals surface area contributed by atoms with Crippen LogP contribution in [0.5, 0.6) is 11.5 Å². The number of amides is 2. The van der Waals surface area contributed by atoms with E-state index in [1.807, 2.05) is 0 Å². The van der Waals surface area contributed by atoms with Crippen LogP contribution in [0.25, 0.3) is 0 Å². The third-order valence-corrected chi connectivity index (χ3v) is 2.54. The summed E-state index contributed by atoms with van der Waals surface area (Å²) in [6, 6.07) is 4.23. The molecule has 0 spiro atoms. The predicted octanol–water partition coefficient (Wildman–Crippen LogP) is 0.747. The lowest BCUT2D eigenvalue weighted by atomic mass is 10.2. The Bertz CT molecular complexity index is 439. The number of carbonyl (C=O) groups is 2. The number of carbonyl (C=O) groups excluding carboxylic acids is 2. The van der Waals surface area contributed by atoms with Crippen LogP contribution in [0.1, 0.15) is 18.4 Å². The molecule has 2 N–H and O–H groups in total. The lowest BCUT2D eigenvalue weighted by molar-refractivity contribution is -0.139. The summed E-state index contributed by atoms with van der Waals surface area (Å²) in [5.41, 5.74) is 0.610. The van der Waals surface area contributed by atoms with Crippen LogP contribution in [-0.2, 0) is 16.1 Å². The molecule has 1 aliphatic rings. The molecule has 2 amide bonds. The topological polar surface area (TPSA) is 77.8 Å². The van der Waals surface area contributed by atoms with Gasteiger partial charge in [-0.25, -0.2) is 0 Å². The number of benzene rings is 1. The van der Waals surface area contributed by atoms with Crippen LogP contribution in [0.2, 0.25) is 0 Å². The molecule has 0 aromatic heterocycles. The SMILES string of the molecule is O=C1CCC(=O)N1Cc1ccc(O)c(O)c1. The molecular formula is C11H11NO4. The molecular weight excluding hydrogens is 210 g/mol. The maximum atomic E-state index is 11.3. The molecule has 1 aliphatic heterocycles. The van der Waals surface area contributed by atoms with Crippen molar-refractivity contribution in [2.45, 2.75) is 19.4 Å². The number of likely N-dealkylation sites (tertiary alicyclic amines) is 1. The average molecular weight is 221 g/mol. The predicted molar refractivity (Wildman–Crippen MR) is 54.6 cm³/mol. The zero-order valence-electron chi connectivity index (χ0n) is 8.51. The molecule has 0 atom stereocenters. The molecule has 84 valence electrons. The van der Waals surface area contributed by atoms with Gasteiger partial charge >= 0.3 is 0 Å². The third-order valence-electron chi connectivity index (χ3n) is 2.54. The summed E-state index contributed by atoms with van der Waals surface area (Å²) in [6.07, 6.45) is 0.506. The van der Waals surface area contributed by atoms with Gasteiger partial charge in [-0.2, -0.15) is 0 Å². The summed E-state index contributed by atoms with van der Waals surface area (Å²) in [5, 5.41) is 18.4. The van der Waals surface area contributed by atoms with Crippen molar-refractivity contribution in [1.29, 1.82) is 0 Å². The minimum atomic E-state index is -0.253. The highest BCUT2D eigenvalue weighted by Crippen LogP contribution is 2.26. The van der Waals surface area contributed by atoms with Gasteiger partial charge in [0.2, 0.25) is 11.8 Å². The number of phenolic OH excluding ortho intramolecular Hbond substituents is 2. The molecule has 0 bridgehead atoms. The normalized spacial score (nSPS) is 15.9. The van der Waals surface area contributed by atoms with E-state index < -0.39 is 0 Å². The van der Waals surface area contributed by atoms with Gasteiger partial charge in [-0.15, -0.1) is 0 Å². The lowest BCUT2D eigenvalue weighted by Crippen LogP contribution is -2.28. The maximum absolute atomic E-state index is 11.3. The highest BCUT2D eigenvalue weighted by atomic mass is 16.3. The Kier molecular flexibility index (Phi) is 2.52. The first-order valence-corrected chi connectivity index (χ1v) is 4.92. The summed E-state index contributed by atoms with van der Waals surface area (Å²) in [5.74, 6) is -0.866. The molecule has 0 radical (unpaired) electrons. The largest absolute Gasteiger partial charge is 0.504 e. The number of nitrogens with zero attached hydrogens (tertiary/aromatic N) is 1. The van der Waals surface area contributed by atoms with Crippen LogP contribution in [0.3, 0.4) is 0 Å². The number of imide groups is 1. The second-order valence-corrected chi connectivity index (χ2v) is 3.70. The van der Waals surface area contributed by atoms with E-state index in [4.69, 9.17) is 5.11 Å². The molecule has 16 heavy (non-hydrogen) atoms. The number of rotatable bonds is 2. The Morgan fingerprint density at radius 2 is 1.69 bits per heavy atom. The van der Waals surface area contributed by atoms with Crippen LogP contribution < -0.4 is 0 Å². The van der Waals surface area contributed by atoms with E-state index in [2.05, 4.69) is 0 Å². The van der Waals surface area contributed by atoms with E-state index in [-0.39, 0.29) is 42.7 Å². The molecule has 0 unspecified atom stereocenters. The second-order valence-electron chi connectivity index (χ2n) is 3.70. The minimum absolute atomic E-state index is 0.144. The summed E-state index contributed by atoms with van der Waals surface area (Å²) >= 11 is 0. The Labute approximate surface area is 91.9 Å². The molecule has 5 heteroatoms. The van der Waals surface area contributed by atoms with Crippen molar-refractivity contribution in [3.8, 4) is 11.5 Å². The van der Waals surface area contributed by atoms with E-state index in [0.717, 1.165) is 4.90 Å². The zero-order valence-corrected chi connectivity index (χ0v) is 8.51. The van der Waals surface area contributed by atoms with Crippen molar-refractivity contribution in [3.63, 3.8) is 0 Å². The fraction of sp³-hybridized carbons (Fsp3) is 0.273. The average Bonchev–Trinajstić information content (AvgIpc) is 2.55. The van der Waals surface area contributed by atoms with Crippen LogP contribution in [0.4, 0.5) is 0 Å². The molecule has 1 aromatic carbocycles. The molecule has 5 nitrogen and oxygen atoms in total. The molecule has 1 fully saturated rings. The summed E-state index contributed by atoms with van der Waals surface area (Å²) in [4.78, 5) is 23.8. The smallest absolute Gasteiger partial charge is 0.229 e. The lowest BCUT2D eigenvalue weighted by Gasteiger charge is -2.13. The van der Waals surface area contributed by atoms with Gasteiger partial charge in [0.25, 0.3) is 0 Å². The molecule has 0 aliphatic carbocycles. The first-order valence-electron chi connectivity index (χ1n) is 4.92. The Balaban J connectivity index is 2.17. The van der Waals surface area contributed by atoms with Gasteiger partial charge < -0.3 is 10.2 Å². The standard InChI is InChI=1S/C11H11NO4/c13-8-2-1-7(5-9(8)14)6-12-10(15)3-4-11(12)16/h1-2,5,13-14H,3-4,6H2. The minimum Gasteiger partial charge on any atom is -0.504 e. The monoisotopic (exact) mass is 221 g/mol. The molecule has 1 aromatic rings. The Morgan fingerprint density at radius 3 is 2.25 bits per heavy atom. The highest BCUT2D eigenvalue weighted by molar-refractivity contribution is 6.01. The van der Waals surface area contributed by atoms with Crippen LogP contribution in [0, 0.1) is 0 Å². The summed E-state index contributed by atoms with van der Waals surface area (Å²) in [7, 11) is 0. The molecule has 0 saturated carbocycles. The van der Waals surface area contributed by atoms with E-state index in [0.29, 0.717) is 5.56 Å². The van der Waals surface area contributed by atoms with Gasteiger partial charge in [-0.1, -0.05) is 6.07 Å². The van der Waals surface area contributed by atoms with Crippen molar-refractivity contribution in [2.75, 3.05) is 0 Å². The summed E-state index contributed by atoms with van der Waals surface area (Å²) in [6.45, 7) is 0.144. The highest BCUT2D eigenvalue weighted by Gasteiger charge is 2.28. The Hall–Kier alpha value is -2.04. The first kappa shape index (κ1) is 10.5. The zero-order chi connectivity index (χ0) is 11.7. The van der Waals surface area contributed by atoms with E-state index in [1.165, 1.54) is 12.1 Å². The maximum Gasteiger partial charge on any atom is 0.229 e. The van der Waals surface area contributed by atoms with E-state index in [9.17, 15) is 14.7 Å². The van der Waals surface area contributed by atoms with Crippen LogP contribution >= 0.6 is 0 Å². The quantitative estimate of drug-likeness (QED) is 0.570. The van der Waals surface area contributed by atoms with Gasteiger partial charge in [0.1, 0.15) is 0 Å². The van der Waals surface area contributed by atoms with Crippen molar-refractivity contribution in [2.24, 2.45) is 0 Å². The number of phenols is 2. The van der Waals surface area contributed by atoms with Gasteiger partial charge in [-0.05, 0) is 17.7 Å². The van der Waals surface area contributed by atoms with Gasteiger partial charge in [-0.3, -0.25) is 14.5 Å². The first-order chi connectivity index (χ1) is 7.58. The van der Waals surface area contributed by atoms with Crippen molar-refractivity contribution < 1.29 is 19.8 Å². The molecule has 2 rings (SSSR count). The van der Waals surface area contributed by atoms with Crippen molar-refractivity contribution in [3.05, 3.63) is 23.8 Å². The Morgan fingerprint density at radius 1 is 1.06 bits per heavy atom. The van der Waals surface area contributed by atoms with E-state index in [1.54, 1.807) is 6.07 Å².